The van der Waals surface area contributed by atoms with Crippen molar-refractivity contribution in [2.75, 3.05) is 6.54 Å². The highest BCUT2D eigenvalue weighted by Crippen LogP contribution is 2.25. The van der Waals surface area contributed by atoms with Gasteiger partial charge in [0.1, 0.15) is 0 Å². The zero-order valence-electron chi connectivity index (χ0n) is 11.0. The quantitative estimate of drug-likeness (QED) is 0.869. The Morgan fingerprint density at radius 1 is 1.37 bits per heavy atom. The molecule has 19 heavy (non-hydrogen) atoms. The van der Waals surface area contributed by atoms with Gasteiger partial charge in [0, 0.05) is 18.6 Å². The summed E-state index contributed by atoms with van der Waals surface area (Å²) >= 11 is 1.61. The van der Waals surface area contributed by atoms with Crippen molar-refractivity contribution >= 4 is 11.8 Å². The van der Waals surface area contributed by atoms with Gasteiger partial charge < -0.3 is 9.73 Å². The molecule has 1 aliphatic heterocycles. The highest BCUT2D eigenvalue weighted by molar-refractivity contribution is 7.98. The lowest BCUT2D eigenvalue weighted by molar-refractivity contribution is -0.678. The van der Waals surface area contributed by atoms with Gasteiger partial charge in [-0.05, 0) is 18.1 Å². The summed E-state index contributed by atoms with van der Waals surface area (Å²) in [7, 11) is 0. The van der Waals surface area contributed by atoms with Crippen molar-refractivity contribution in [2.24, 2.45) is 0 Å². The molecule has 0 saturated carbocycles. The third-order valence-electron chi connectivity index (χ3n) is 3.52. The van der Waals surface area contributed by atoms with Crippen molar-refractivity contribution in [3.63, 3.8) is 0 Å². The third-order valence-corrected chi connectivity index (χ3v) is 4.39. The van der Waals surface area contributed by atoms with Crippen molar-refractivity contribution in [3.8, 4) is 0 Å². The summed E-state index contributed by atoms with van der Waals surface area (Å²) in [5, 5.41) is 11.3. The van der Waals surface area contributed by atoms with Crippen LogP contribution < -0.4 is 5.32 Å². The van der Waals surface area contributed by atoms with Gasteiger partial charge in [-0.2, -0.15) is 0 Å². The van der Waals surface area contributed by atoms with Crippen LogP contribution in [0.2, 0.25) is 0 Å². The molecule has 1 aliphatic rings. The summed E-state index contributed by atoms with van der Waals surface area (Å²) in [5.74, 6) is 1.66. The number of hydrogen-bond acceptors (Lipinski definition) is 4. The zero-order chi connectivity index (χ0) is 13.1. The molecule has 0 amide bonds. The Balaban J connectivity index is 1.63. The van der Waals surface area contributed by atoms with Crippen molar-refractivity contribution in [1.29, 1.82) is 0 Å². The van der Waals surface area contributed by atoms with Gasteiger partial charge in [0.15, 0.2) is 6.04 Å². The van der Waals surface area contributed by atoms with Gasteiger partial charge in [0.05, 0.1) is 6.54 Å². The van der Waals surface area contributed by atoms with Crippen LogP contribution in [0.5, 0.6) is 0 Å². The summed E-state index contributed by atoms with van der Waals surface area (Å²) in [6, 6.07) is 8.77. The Morgan fingerprint density at radius 3 is 3.05 bits per heavy atom. The Hall–Kier alpha value is -1.33. The molecule has 1 unspecified atom stereocenters. The van der Waals surface area contributed by atoms with Crippen LogP contribution in [0.3, 0.4) is 0 Å². The van der Waals surface area contributed by atoms with E-state index in [1.54, 1.807) is 11.8 Å². The van der Waals surface area contributed by atoms with Gasteiger partial charge in [0.2, 0.25) is 0 Å². The van der Waals surface area contributed by atoms with Crippen LogP contribution in [0.25, 0.3) is 0 Å². The molecular formula is C14H18N3OS+. The van der Waals surface area contributed by atoms with Gasteiger partial charge in [-0.25, -0.2) is 0 Å². The Morgan fingerprint density at radius 2 is 2.26 bits per heavy atom. The maximum atomic E-state index is 5.74. The van der Waals surface area contributed by atoms with Gasteiger partial charge in [0.25, 0.3) is 11.1 Å². The van der Waals surface area contributed by atoms with E-state index in [9.17, 15) is 0 Å². The fraction of sp³-hybridized carbons (Fsp3) is 0.429. The average Bonchev–Trinajstić information content (AvgIpc) is 3.09. The van der Waals surface area contributed by atoms with E-state index in [0.29, 0.717) is 11.3 Å². The van der Waals surface area contributed by atoms with Crippen LogP contribution in [0.4, 0.5) is 0 Å². The minimum Gasteiger partial charge on any atom is -0.410 e. The second-order valence-electron chi connectivity index (χ2n) is 4.89. The number of quaternary nitrogens is 1. The predicted molar refractivity (Wildman–Crippen MR) is 73.8 cm³/mol. The first kappa shape index (κ1) is 12.7. The summed E-state index contributed by atoms with van der Waals surface area (Å²) in [4.78, 5) is 0. The standard InChI is InChI=1S/C14H17N3OS/c1-10-5-2-3-6-11(10)9-19-14-17-16-13(18-14)12-7-4-8-15-12/h2-3,5-6,12,15H,4,7-9H2,1H3/p+1. The highest BCUT2D eigenvalue weighted by atomic mass is 32.2. The number of rotatable bonds is 4. The van der Waals surface area contributed by atoms with E-state index in [2.05, 4.69) is 46.7 Å². The molecule has 1 aromatic heterocycles. The van der Waals surface area contributed by atoms with Crippen molar-refractivity contribution in [3.05, 3.63) is 41.3 Å². The van der Waals surface area contributed by atoms with E-state index in [1.165, 1.54) is 24.1 Å². The molecule has 1 saturated heterocycles. The zero-order valence-corrected chi connectivity index (χ0v) is 11.8. The second-order valence-corrected chi connectivity index (χ2v) is 5.82. The van der Waals surface area contributed by atoms with E-state index >= 15 is 0 Å². The van der Waals surface area contributed by atoms with E-state index in [1.807, 2.05) is 0 Å². The smallest absolute Gasteiger partial charge is 0.277 e. The van der Waals surface area contributed by atoms with Gasteiger partial charge in [-0.1, -0.05) is 36.0 Å². The summed E-state index contributed by atoms with van der Waals surface area (Å²) < 4.78 is 5.74. The van der Waals surface area contributed by atoms with Crippen LogP contribution in [0.15, 0.2) is 33.9 Å². The average molecular weight is 276 g/mol. The van der Waals surface area contributed by atoms with Crippen LogP contribution in [0.1, 0.15) is 35.9 Å². The summed E-state index contributed by atoms with van der Waals surface area (Å²) in [6.45, 7) is 3.29. The molecule has 0 spiro atoms. The number of nitrogens with two attached hydrogens (primary N) is 1. The molecule has 2 heterocycles. The number of hydrogen-bond donors (Lipinski definition) is 1. The largest absolute Gasteiger partial charge is 0.410 e. The third kappa shape index (κ3) is 2.98. The number of thioether (sulfide) groups is 1. The molecule has 1 aromatic carbocycles. The Kier molecular flexibility index (Phi) is 3.84. The van der Waals surface area contributed by atoms with Crippen LogP contribution >= 0.6 is 11.8 Å². The molecule has 3 rings (SSSR count). The molecule has 1 atom stereocenters. The molecule has 1 fully saturated rings. The maximum Gasteiger partial charge on any atom is 0.277 e. The molecule has 0 bridgehead atoms. The normalized spacial score (nSPS) is 18.9. The lowest BCUT2D eigenvalue weighted by Crippen LogP contribution is -2.81. The minimum atomic E-state index is 0.375. The first-order valence-corrected chi connectivity index (χ1v) is 7.65. The van der Waals surface area contributed by atoms with E-state index < -0.39 is 0 Å². The fourth-order valence-corrected chi connectivity index (χ4v) is 3.18. The van der Waals surface area contributed by atoms with E-state index in [-0.39, 0.29) is 0 Å². The lowest BCUT2D eigenvalue weighted by Gasteiger charge is -2.02. The van der Waals surface area contributed by atoms with Crippen LogP contribution in [-0.2, 0) is 5.75 Å². The maximum absolute atomic E-state index is 5.74. The first-order valence-electron chi connectivity index (χ1n) is 6.67. The molecule has 100 valence electrons. The number of aryl methyl sites for hydroxylation is 1. The van der Waals surface area contributed by atoms with Gasteiger partial charge in [-0.3, -0.25) is 0 Å². The summed E-state index contributed by atoms with van der Waals surface area (Å²) in [5.41, 5.74) is 2.62. The number of nitrogens with zero attached hydrogens (tertiary/aromatic N) is 2. The SMILES string of the molecule is Cc1ccccc1CSc1nnc(C2CCC[NH2+]2)o1. The lowest BCUT2D eigenvalue weighted by atomic mass is 10.1. The van der Waals surface area contributed by atoms with E-state index in [0.717, 1.165) is 18.1 Å². The van der Waals surface area contributed by atoms with Gasteiger partial charge in [-0.15, -0.1) is 10.2 Å². The topological polar surface area (TPSA) is 55.5 Å². The van der Waals surface area contributed by atoms with Crippen LogP contribution in [0, 0.1) is 6.92 Å². The Labute approximate surface area is 117 Å². The van der Waals surface area contributed by atoms with Crippen molar-refractivity contribution in [2.45, 2.75) is 36.8 Å². The van der Waals surface area contributed by atoms with Crippen LogP contribution in [-0.4, -0.2) is 16.7 Å². The first-order chi connectivity index (χ1) is 9.33. The molecule has 4 nitrogen and oxygen atoms in total. The Bertz CT molecular complexity index is 549. The number of benzene rings is 1. The van der Waals surface area contributed by atoms with Gasteiger partial charge >= 0.3 is 0 Å². The highest BCUT2D eigenvalue weighted by Gasteiger charge is 2.26. The molecule has 2 aromatic rings. The molecular weight excluding hydrogens is 258 g/mol. The van der Waals surface area contributed by atoms with Crippen molar-refractivity contribution < 1.29 is 9.73 Å². The second kappa shape index (κ2) is 5.75. The predicted octanol–water partition coefficient (Wildman–Crippen LogP) is 2.07. The molecule has 0 radical (unpaired) electrons. The molecule has 5 heteroatoms. The molecule has 2 N–H and O–H groups in total. The molecule has 0 aliphatic carbocycles. The minimum absolute atomic E-state index is 0.375. The monoisotopic (exact) mass is 276 g/mol. The van der Waals surface area contributed by atoms with Crippen molar-refractivity contribution in [1.82, 2.24) is 10.2 Å². The summed E-state index contributed by atoms with van der Waals surface area (Å²) in [6.07, 6.45) is 2.38. The fourth-order valence-electron chi connectivity index (χ4n) is 2.34. The number of aromatic nitrogens is 2. The van der Waals surface area contributed by atoms with E-state index in [4.69, 9.17) is 4.42 Å².